The molecule has 0 aliphatic rings. The summed E-state index contributed by atoms with van der Waals surface area (Å²) >= 11 is 0. The third-order valence-corrected chi connectivity index (χ3v) is 2.47. The van der Waals surface area contributed by atoms with Crippen LogP contribution in [0.4, 0.5) is 0 Å². The Bertz CT molecular complexity index is 629. The number of aromatic hydroxyl groups is 2. The SMILES string of the molecule is Oc1ccc(C#CC=CCOc2ccc(O)cc2)cc1. The third kappa shape index (κ3) is 4.43. The van der Waals surface area contributed by atoms with Crippen molar-refractivity contribution in [2.24, 2.45) is 0 Å². The van der Waals surface area contributed by atoms with Gasteiger partial charge in [-0.1, -0.05) is 11.8 Å². The lowest BCUT2D eigenvalue weighted by molar-refractivity contribution is 0.362. The summed E-state index contributed by atoms with van der Waals surface area (Å²) < 4.78 is 5.43. The first-order valence-corrected chi connectivity index (χ1v) is 6.11. The highest BCUT2D eigenvalue weighted by Crippen LogP contribution is 2.15. The number of phenols is 2. The van der Waals surface area contributed by atoms with Crippen molar-refractivity contribution in [1.82, 2.24) is 0 Å². The van der Waals surface area contributed by atoms with Crippen LogP contribution in [0.5, 0.6) is 17.2 Å². The van der Waals surface area contributed by atoms with Gasteiger partial charge in [-0.15, -0.1) is 0 Å². The number of ether oxygens (including phenoxy) is 1. The molecule has 0 spiro atoms. The van der Waals surface area contributed by atoms with Crippen molar-refractivity contribution >= 4 is 0 Å². The molecular formula is C17H14O3. The van der Waals surface area contributed by atoms with Gasteiger partial charge in [0.15, 0.2) is 0 Å². The Morgan fingerprint density at radius 1 is 0.900 bits per heavy atom. The van der Waals surface area contributed by atoms with Crippen molar-refractivity contribution in [3.63, 3.8) is 0 Å². The molecule has 0 heterocycles. The average molecular weight is 266 g/mol. The molecule has 0 aromatic heterocycles. The van der Waals surface area contributed by atoms with Crippen LogP contribution in [0.15, 0.2) is 60.7 Å². The summed E-state index contributed by atoms with van der Waals surface area (Å²) in [6, 6.07) is 13.2. The van der Waals surface area contributed by atoms with E-state index >= 15 is 0 Å². The molecule has 0 unspecified atom stereocenters. The number of phenolic OH excluding ortho intramolecular Hbond substituents is 2. The molecule has 0 aliphatic heterocycles. The molecule has 0 fully saturated rings. The highest BCUT2D eigenvalue weighted by atomic mass is 16.5. The minimum absolute atomic E-state index is 0.215. The maximum atomic E-state index is 9.13. The summed E-state index contributed by atoms with van der Waals surface area (Å²) in [6.45, 7) is 0.412. The zero-order chi connectivity index (χ0) is 14.2. The van der Waals surface area contributed by atoms with Crippen LogP contribution in [0.3, 0.4) is 0 Å². The zero-order valence-electron chi connectivity index (χ0n) is 10.8. The fourth-order valence-corrected chi connectivity index (χ4v) is 1.46. The molecule has 3 nitrogen and oxygen atoms in total. The molecular weight excluding hydrogens is 252 g/mol. The molecule has 100 valence electrons. The lowest BCUT2D eigenvalue weighted by atomic mass is 10.2. The van der Waals surface area contributed by atoms with Gasteiger partial charge >= 0.3 is 0 Å². The Morgan fingerprint density at radius 2 is 1.50 bits per heavy atom. The van der Waals surface area contributed by atoms with Crippen molar-refractivity contribution in [2.75, 3.05) is 6.61 Å². The fraction of sp³-hybridized carbons (Fsp3) is 0.0588. The highest BCUT2D eigenvalue weighted by molar-refractivity contribution is 5.39. The Morgan fingerprint density at radius 3 is 2.15 bits per heavy atom. The average Bonchev–Trinajstić information content (AvgIpc) is 2.46. The van der Waals surface area contributed by atoms with Gasteiger partial charge < -0.3 is 14.9 Å². The van der Waals surface area contributed by atoms with E-state index in [-0.39, 0.29) is 11.5 Å². The number of benzene rings is 2. The fourth-order valence-electron chi connectivity index (χ4n) is 1.46. The second kappa shape index (κ2) is 6.91. The van der Waals surface area contributed by atoms with Crippen molar-refractivity contribution in [3.8, 4) is 29.1 Å². The van der Waals surface area contributed by atoms with Crippen LogP contribution in [-0.2, 0) is 0 Å². The van der Waals surface area contributed by atoms with E-state index in [1.54, 1.807) is 60.7 Å². The first-order chi connectivity index (χ1) is 9.74. The smallest absolute Gasteiger partial charge is 0.120 e. The third-order valence-electron chi connectivity index (χ3n) is 2.47. The van der Waals surface area contributed by atoms with E-state index in [0.717, 1.165) is 5.56 Å². The number of hydrogen-bond acceptors (Lipinski definition) is 3. The molecule has 0 saturated carbocycles. The normalized spacial score (nSPS) is 10.0. The van der Waals surface area contributed by atoms with Crippen LogP contribution in [0.25, 0.3) is 0 Å². The van der Waals surface area contributed by atoms with Gasteiger partial charge in [-0.2, -0.15) is 0 Å². The largest absolute Gasteiger partial charge is 0.508 e. The molecule has 20 heavy (non-hydrogen) atoms. The van der Waals surface area contributed by atoms with Crippen molar-refractivity contribution in [3.05, 3.63) is 66.2 Å². The quantitative estimate of drug-likeness (QED) is 0.839. The standard InChI is InChI=1S/C17H14O3/c18-15-7-5-14(6-8-15)4-2-1-3-13-20-17-11-9-16(19)10-12-17/h1,3,5-12,18-19H,13H2. The zero-order valence-corrected chi connectivity index (χ0v) is 10.8. The van der Waals surface area contributed by atoms with E-state index in [1.165, 1.54) is 0 Å². The van der Waals surface area contributed by atoms with Gasteiger partial charge in [0.1, 0.15) is 23.9 Å². The summed E-state index contributed by atoms with van der Waals surface area (Å²) in [7, 11) is 0. The highest BCUT2D eigenvalue weighted by Gasteiger charge is 1.91. The second-order valence-electron chi connectivity index (χ2n) is 4.02. The van der Waals surface area contributed by atoms with Gasteiger partial charge in [0.25, 0.3) is 0 Å². The van der Waals surface area contributed by atoms with Gasteiger partial charge in [-0.25, -0.2) is 0 Å². The van der Waals surface area contributed by atoms with Crippen molar-refractivity contribution in [1.29, 1.82) is 0 Å². The van der Waals surface area contributed by atoms with Crippen molar-refractivity contribution < 1.29 is 14.9 Å². The molecule has 0 saturated heterocycles. The summed E-state index contributed by atoms with van der Waals surface area (Å²) in [4.78, 5) is 0. The minimum atomic E-state index is 0.215. The van der Waals surface area contributed by atoms with Gasteiger partial charge in [0, 0.05) is 5.56 Å². The second-order valence-corrected chi connectivity index (χ2v) is 4.02. The Hall–Kier alpha value is -2.86. The number of hydrogen-bond donors (Lipinski definition) is 2. The van der Waals surface area contributed by atoms with Gasteiger partial charge in [-0.3, -0.25) is 0 Å². The molecule has 2 aromatic rings. The van der Waals surface area contributed by atoms with Crippen LogP contribution in [0.2, 0.25) is 0 Å². The molecule has 2 rings (SSSR count). The monoisotopic (exact) mass is 266 g/mol. The van der Waals surface area contributed by atoms with E-state index in [2.05, 4.69) is 11.8 Å². The van der Waals surface area contributed by atoms with E-state index in [0.29, 0.717) is 12.4 Å². The topological polar surface area (TPSA) is 49.7 Å². The van der Waals surface area contributed by atoms with Crippen LogP contribution >= 0.6 is 0 Å². The summed E-state index contributed by atoms with van der Waals surface area (Å²) in [5.74, 6) is 6.96. The van der Waals surface area contributed by atoms with E-state index in [1.807, 2.05) is 0 Å². The van der Waals surface area contributed by atoms with E-state index in [9.17, 15) is 0 Å². The predicted octanol–water partition coefficient (Wildman–Crippen LogP) is 3.08. The molecule has 0 bridgehead atoms. The molecule has 0 atom stereocenters. The van der Waals surface area contributed by atoms with Crippen LogP contribution in [0.1, 0.15) is 5.56 Å². The minimum Gasteiger partial charge on any atom is -0.508 e. The first-order valence-electron chi connectivity index (χ1n) is 6.11. The van der Waals surface area contributed by atoms with Crippen LogP contribution in [-0.4, -0.2) is 16.8 Å². The van der Waals surface area contributed by atoms with E-state index < -0.39 is 0 Å². The summed E-state index contributed by atoms with van der Waals surface area (Å²) in [5, 5.41) is 18.2. The molecule has 0 radical (unpaired) electrons. The number of rotatable bonds is 3. The van der Waals surface area contributed by atoms with E-state index in [4.69, 9.17) is 14.9 Å². The lowest BCUT2D eigenvalue weighted by Crippen LogP contribution is -1.92. The van der Waals surface area contributed by atoms with Gasteiger partial charge in [-0.05, 0) is 60.7 Å². The predicted molar refractivity (Wildman–Crippen MR) is 77.7 cm³/mol. The molecule has 2 N–H and O–H groups in total. The van der Waals surface area contributed by atoms with Gasteiger partial charge in [0.05, 0.1) is 0 Å². The van der Waals surface area contributed by atoms with Crippen LogP contribution in [0, 0.1) is 11.8 Å². The van der Waals surface area contributed by atoms with Crippen LogP contribution < -0.4 is 4.74 Å². The summed E-state index contributed by atoms with van der Waals surface area (Å²) in [5.41, 5.74) is 0.840. The first kappa shape index (κ1) is 13.6. The summed E-state index contributed by atoms with van der Waals surface area (Å²) in [6.07, 6.45) is 3.52. The van der Waals surface area contributed by atoms with Crippen molar-refractivity contribution in [2.45, 2.75) is 0 Å². The number of allylic oxidation sites excluding steroid dienone is 1. The Labute approximate surface area is 117 Å². The van der Waals surface area contributed by atoms with Gasteiger partial charge in [0.2, 0.25) is 0 Å². The Kier molecular flexibility index (Phi) is 4.69. The molecule has 3 heteroatoms. The molecule has 0 amide bonds. The molecule has 2 aromatic carbocycles. The molecule has 0 aliphatic carbocycles. The maximum Gasteiger partial charge on any atom is 0.120 e. The maximum absolute atomic E-state index is 9.13. The lowest BCUT2D eigenvalue weighted by Gasteiger charge is -2.01. The Balaban J connectivity index is 1.80.